The Bertz CT molecular complexity index is 85.3. The first-order chi connectivity index (χ1) is 4.86. The molecule has 0 N–H and O–H groups in total. The van der Waals surface area contributed by atoms with Crippen molar-refractivity contribution in [3.63, 3.8) is 0 Å². The van der Waals surface area contributed by atoms with E-state index in [2.05, 4.69) is 12.6 Å². The van der Waals surface area contributed by atoms with Gasteiger partial charge in [0.2, 0.25) is 0 Å². The van der Waals surface area contributed by atoms with Gasteiger partial charge in [-0.1, -0.05) is 19.3 Å². The second kappa shape index (κ2) is 4.24. The van der Waals surface area contributed by atoms with Gasteiger partial charge in [-0.25, -0.2) is 0 Å². The van der Waals surface area contributed by atoms with Gasteiger partial charge in [-0.2, -0.15) is 5.92 Å². The second-order valence-corrected chi connectivity index (χ2v) is 3.23. The van der Waals surface area contributed by atoms with E-state index in [1.165, 1.54) is 25.7 Å². The molecule has 0 radical (unpaired) electrons. The average Bonchev–Trinajstić information content (AvgIpc) is 2.05. The smallest absolute Gasteiger partial charge is 0.0549 e. The van der Waals surface area contributed by atoms with Crippen LogP contribution in [-0.2, 0) is 4.74 Å². The zero-order chi connectivity index (χ0) is 7.40. The molecule has 1 rings (SSSR count). The van der Waals surface area contributed by atoms with Gasteiger partial charge in [0, 0.05) is 7.11 Å². The number of thiol groups is 1. The summed E-state index contributed by atoms with van der Waals surface area (Å²) in [7, 11) is 1.80. The first-order valence-corrected chi connectivity index (χ1v) is 4.38. The minimum atomic E-state index is 0.488. The van der Waals surface area contributed by atoms with Gasteiger partial charge in [-0.05, 0) is 6.42 Å². The van der Waals surface area contributed by atoms with Crippen LogP contribution in [0.2, 0.25) is 0 Å². The summed E-state index contributed by atoms with van der Waals surface area (Å²) in [4.78, 5) is 0. The lowest BCUT2D eigenvalue weighted by atomic mass is 9.88. The fourth-order valence-electron chi connectivity index (χ4n) is 1.53. The molecule has 1 fully saturated rings. The molecule has 0 spiro atoms. The van der Waals surface area contributed by atoms with Crippen molar-refractivity contribution in [3.8, 4) is 0 Å². The molecule has 1 saturated carbocycles. The quantitative estimate of drug-likeness (QED) is 0.480. The van der Waals surface area contributed by atoms with E-state index in [-0.39, 0.29) is 0 Å². The molecular weight excluding hydrogens is 144 g/mol. The van der Waals surface area contributed by atoms with E-state index in [4.69, 9.17) is 4.74 Å². The number of hydrogen-bond acceptors (Lipinski definition) is 2. The van der Waals surface area contributed by atoms with E-state index in [9.17, 15) is 0 Å². The minimum absolute atomic E-state index is 0.488. The Morgan fingerprint density at radius 3 is 2.90 bits per heavy atom. The maximum absolute atomic E-state index is 5.27. The zero-order valence-corrected chi connectivity index (χ0v) is 7.31. The van der Waals surface area contributed by atoms with Crippen molar-refractivity contribution in [2.45, 2.75) is 31.8 Å². The molecule has 2 unspecified atom stereocenters. The third-order valence-corrected chi connectivity index (χ3v) is 2.63. The highest BCUT2D eigenvalue weighted by Crippen LogP contribution is 2.28. The molecule has 0 aromatic heterocycles. The molecular formula is C8H15OS-. The normalized spacial score (nSPS) is 34.2. The van der Waals surface area contributed by atoms with Crippen LogP contribution in [0.25, 0.3) is 0 Å². The van der Waals surface area contributed by atoms with Gasteiger partial charge in [-0.15, -0.1) is 0 Å². The van der Waals surface area contributed by atoms with Crippen molar-refractivity contribution >= 4 is 12.6 Å². The van der Waals surface area contributed by atoms with Gasteiger partial charge < -0.3 is 17.4 Å². The van der Waals surface area contributed by atoms with Crippen LogP contribution >= 0.6 is 12.6 Å². The number of ether oxygens (including phenoxy) is 1. The molecule has 0 bridgehead atoms. The molecule has 10 heavy (non-hydrogen) atoms. The molecule has 0 aromatic rings. The number of hydrogen-bond donors (Lipinski definition) is 1. The maximum Gasteiger partial charge on any atom is 0.0549 e. The summed E-state index contributed by atoms with van der Waals surface area (Å²) in [5.41, 5.74) is 0. The Morgan fingerprint density at radius 1 is 1.50 bits per heavy atom. The van der Waals surface area contributed by atoms with Gasteiger partial charge in [0.15, 0.2) is 0 Å². The molecule has 0 aliphatic heterocycles. The van der Waals surface area contributed by atoms with Crippen LogP contribution in [0, 0.1) is 11.7 Å². The van der Waals surface area contributed by atoms with Crippen LogP contribution in [0.15, 0.2) is 0 Å². The Balaban J connectivity index is 2.25. The van der Waals surface area contributed by atoms with Crippen LogP contribution in [0.4, 0.5) is 0 Å². The van der Waals surface area contributed by atoms with Gasteiger partial charge in [0.1, 0.15) is 0 Å². The molecule has 0 aromatic carbocycles. The third kappa shape index (κ3) is 2.17. The summed E-state index contributed by atoms with van der Waals surface area (Å²) >= 11 is 4.16. The predicted octanol–water partition coefficient (Wildman–Crippen LogP) is 2.28. The first-order valence-electron chi connectivity index (χ1n) is 3.87. The molecule has 1 aliphatic rings. The molecule has 1 aliphatic carbocycles. The topological polar surface area (TPSA) is 9.23 Å². The highest BCUT2D eigenvalue weighted by molar-refractivity contribution is 7.82. The average molecular weight is 159 g/mol. The van der Waals surface area contributed by atoms with Crippen molar-refractivity contribution in [2.24, 2.45) is 5.92 Å². The Kier molecular flexibility index (Phi) is 3.57. The van der Waals surface area contributed by atoms with E-state index in [0.717, 1.165) is 0 Å². The first kappa shape index (κ1) is 8.41. The Labute approximate surface area is 68.6 Å². The van der Waals surface area contributed by atoms with E-state index in [0.29, 0.717) is 12.0 Å². The van der Waals surface area contributed by atoms with Crippen LogP contribution in [0.1, 0.15) is 25.7 Å². The summed E-state index contributed by atoms with van der Waals surface area (Å²) in [5.74, 6) is 2.69. The minimum Gasteiger partial charge on any atom is -0.382 e. The van der Waals surface area contributed by atoms with Crippen LogP contribution in [-0.4, -0.2) is 13.2 Å². The highest BCUT2D eigenvalue weighted by Gasteiger charge is 2.15. The van der Waals surface area contributed by atoms with Crippen molar-refractivity contribution < 1.29 is 4.74 Å². The van der Waals surface area contributed by atoms with Gasteiger partial charge in [0.25, 0.3) is 0 Å². The monoisotopic (exact) mass is 159 g/mol. The van der Waals surface area contributed by atoms with Crippen LogP contribution in [0.3, 0.4) is 0 Å². The molecule has 2 atom stereocenters. The lowest BCUT2D eigenvalue weighted by molar-refractivity contribution is 0.0579. The summed E-state index contributed by atoms with van der Waals surface area (Å²) < 4.78 is 5.27. The molecule has 60 valence electrons. The number of methoxy groups -OCH3 is 1. The summed E-state index contributed by atoms with van der Waals surface area (Å²) in [6.07, 6.45) is 5.47. The third-order valence-electron chi connectivity index (χ3n) is 2.21. The predicted molar refractivity (Wildman–Crippen MR) is 46.0 cm³/mol. The summed E-state index contributed by atoms with van der Waals surface area (Å²) in [6.45, 7) is 0. The standard InChI is InChI=1S/C8H15OS/c1-9-8-4-2-3-7(5-8)6-10/h6-8,10H,2-5H2,1H3/q-1. The summed E-state index contributed by atoms with van der Waals surface area (Å²) in [6, 6.07) is 0. The van der Waals surface area contributed by atoms with Crippen LogP contribution < -0.4 is 0 Å². The fourth-order valence-corrected chi connectivity index (χ4v) is 1.80. The van der Waals surface area contributed by atoms with Crippen molar-refractivity contribution in [1.82, 2.24) is 0 Å². The van der Waals surface area contributed by atoms with Crippen LogP contribution in [0.5, 0.6) is 0 Å². The van der Waals surface area contributed by atoms with Gasteiger partial charge >= 0.3 is 0 Å². The second-order valence-electron chi connectivity index (χ2n) is 2.93. The van der Waals surface area contributed by atoms with Gasteiger partial charge in [-0.3, -0.25) is 5.75 Å². The Morgan fingerprint density at radius 2 is 2.30 bits per heavy atom. The molecule has 0 saturated heterocycles. The number of rotatable bonds is 2. The molecule has 0 heterocycles. The van der Waals surface area contributed by atoms with E-state index in [1.807, 2.05) is 5.75 Å². The van der Waals surface area contributed by atoms with E-state index < -0.39 is 0 Å². The highest BCUT2D eigenvalue weighted by atomic mass is 32.1. The lowest BCUT2D eigenvalue weighted by Crippen LogP contribution is -2.20. The largest absolute Gasteiger partial charge is 0.382 e. The van der Waals surface area contributed by atoms with Crippen molar-refractivity contribution in [1.29, 1.82) is 0 Å². The molecule has 2 heteroatoms. The Hall–Kier alpha value is 0.310. The van der Waals surface area contributed by atoms with Gasteiger partial charge in [0.05, 0.1) is 6.10 Å². The maximum atomic E-state index is 5.27. The molecule has 1 nitrogen and oxygen atoms in total. The van der Waals surface area contributed by atoms with Crippen molar-refractivity contribution in [3.05, 3.63) is 5.75 Å². The van der Waals surface area contributed by atoms with E-state index in [1.54, 1.807) is 7.11 Å². The van der Waals surface area contributed by atoms with Crippen molar-refractivity contribution in [2.75, 3.05) is 7.11 Å². The zero-order valence-electron chi connectivity index (χ0n) is 6.42. The summed E-state index contributed by atoms with van der Waals surface area (Å²) in [5, 5.41) is 0. The fraction of sp³-hybridized carbons (Fsp3) is 0.875. The SMILES string of the molecule is COC1CCCC([CH-]S)C1. The molecule has 0 amide bonds. The lowest BCUT2D eigenvalue weighted by Gasteiger charge is -2.32. The van der Waals surface area contributed by atoms with E-state index >= 15 is 0 Å².